The van der Waals surface area contributed by atoms with Crippen LogP contribution in [-0.2, 0) is 0 Å². The molecule has 1 unspecified atom stereocenters. The first-order valence-corrected chi connectivity index (χ1v) is 8.52. The van der Waals surface area contributed by atoms with Crippen molar-refractivity contribution in [2.24, 2.45) is 0 Å². The molecule has 2 aromatic rings. The zero-order valence-electron chi connectivity index (χ0n) is 10.1. The summed E-state index contributed by atoms with van der Waals surface area (Å²) < 4.78 is 2.41. The molecule has 0 fully saturated rings. The lowest BCUT2D eigenvalue weighted by Gasteiger charge is -2.03. The number of para-hydroxylation sites is 1. The molecule has 90 valence electrons. The molecule has 0 saturated heterocycles. The van der Waals surface area contributed by atoms with Crippen LogP contribution in [0.2, 0.25) is 0 Å². The molecule has 2 rings (SSSR count). The zero-order valence-corrected chi connectivity index (χ0v) is 12.6. The minimum absolute atomic E-state index is 0.525. The third-order valence-corrected chi connectivity index (χ3v) is 6.20. The molecular formula is C13H15NS3. The molecule has 0 aliphatic rings. The van der Waals surface area contributed by atoms with Crippen molar-refractivity contribution < 1.29 is 0 Å². The SMILES string of the molecule is CC(C)=CC(C)SSc1nc2ccccc2s1. The molecule has 1 heterocycles. The molecule has 0 aliphatic heterocycles. The van der Waals surface area contributed by atoms with Crippen LogP contribution in [0.3, 0.4) is 0 Å². The van der Waals surface area contributed by atoms with Gasteiger partial charge in [0.15, 0.2) is 4.34 Å². The van der Waals surface area contributed by atoms with Gasteiger partial charge in [0.1, 0.15) is 0 Å². The summed E-state index contributed by atoms with van der Waals surface area (Å²) in [4.78, 5) is 4.60. The topological polar surface area (TPSA) is 12.9 Å². The van der Waals surface area contributed by atoms with Crippen molar-refractivity contribution in [2.45, 2.75) is 30.4 Å². The molecule has 0 bridgehead atoms. The first-order valence-electron chi connectivity index (χ1n) is 5.49. The van der Waals surface area contributed by atoms with Crippen LogP contribution in [0, 0.1) is 0 Å². The van der Waals surface area contributed by atoms with Gasteiger partial charge in [-0.05, 0) is 43.7 Å². The molecule has 0 radical (unpaired) electrons. The smallest absolute Gasteiger partial charge is 0.161 e. The van der Waals surface area contributed by atoms with Gasteiger partial charge in [0, 0.05) is 5.25 Å². The first-order chi connectivity index (χ1) is 8.15. The summed E-state index contributed by atoms with van der Waals surface area (Å²) in [7, 11) is 3.64. The van der Waals surface area contributed by atoms with E-state index < -0.39 is 0 Å². The monoisotopic (exact) mass is 281 g/mol. The normalized spacial score (nSPS) is 12.6. The summed E-state index contributed by atoms with van der Waals surface area (Å²) >= 11 is 1.77. The average Bonchev–Trinajstić information content (AvgIpc) is 2.68. The van der Waals surface area contributed by atoms with Crippen LogP contribution < -0.4 is 0 Å². The van der Waals surface area contributed by atoms with Crippen molar-refractivity contribution in [2.75, 3.05) is 0 Å². The van der Waals surface area contributed by atoms with E-state index in [4.69, 9.17) is 0 Å². The molecule has 1 atom stereocenters. The van der Waals surface area contributed by atoms with Gasteiger partial charge in [0.25, 0.3) is 0 Å². The zero-order chi connectivity index (χ0) is 12.3. The van der Waals surface area contributed by atoms with Gasteiger partial charge >= 0.3 is 0 Å². The molecule has 0 spiro atoms. The summed E-state index contributed by atoms with van der Waals surface area (Å²) in [5, 5.41) is 0.525. The molecule has 0 aliphatic carbocycles. The number of thiazole rings is 1. The predicted octanol–water partition coefficient (Wildman–Crippen LogP) is 5.39. The van der Waals surface area contributed by atoms with E-state index in [0.29, 0.717) is 5.25 Å². The fourth-order valence-electron chi connectivity index (χ4n) is 1.50. The Morgan fingerprint density at radius 1 is 1.35 bits per heavy atom. The van der Waals surface area contributed by atoms with Crippen LogP contribution in [0.15, 0.2) is 40.3 Å². The number of nitrogens with zero attached hydrogens (tertiary/aromatic N) is 1. The van der Waals surface area contributed by atoms with Crippen molar-refractivity contribution in [3.8, 4) is 0 Å². The van der Waals surface area contributed by atoms with Crippen LogP contribution in [0.5, 0.6) is 0 Å². The highest BCUT2D eigenvalue weighted by Crippen LogP contribution is 2.39. The number of hydrogen-bond acceptors (Lipinski definition) is 4. The van der Waals surface area contributed by atoms with E-state index in [9.17, 15) is 0 Å². The van der Waals surface area contributed by atoms with Gasteiger partial charge < -0.3 is 0 Å². The third-order valence-electron chi connectivity index (χ3n) is 2.11. The number of allylic oxidation sites excluding steroid dienone is 1. The fraction of sp³-hybridized carbons (Fsp3) is 0.308. The number of aromatic nitrogens is 1. The standard InChI is InChI=1S/C13H15NS3/c1-9(2)8-10(3)16-17-13-14-11-6-4-5-7-12(11)15-13/h4-8,10H,1-3H3. The summed E-state index contributed by atoms with van der Waals surface area (Å²) in [6.45, 7) is 6.50. The lowest BCUT2D eigenvalue weighted by Crippen LogP contribution is -1.87. The number of rotatable bonds is 4. The Morgan fingerprint density at radius 2 is 2.12 bits per heavy atom. The van der Waals surface area contributed by atoms with Gasteiger partial charge in [-0.15, -0.1) is 11.3 Å². The minimum atomic E-state index is 0.525. The summed E-state index contributed by atoms with van der Waals surface area (Å²) in [5.74, 6) is 0. The summed E-state index contributed by atoms with van der Waals surface area (Å²) in [6.07, 6.45) is 2.28. The quantitative estimate of drug-likeness (QED) is 0.551. The van der Waals surface area contributed by atoms with Crippen molar-refractivity contribution in [1.82, 2.24) is 4.98 Å². The molecule has 4 heteroatoms. The van der Waals surface area contributed by atoms with Gasteiger partial charge in [-0.25, -0.2) is 4.98 Å². The van der Waals surface area contributed by atoms with E-state index in [1.165, 1.54) is 10.3 Å². The van der Waals surface area contributed by atoms with Crippen LogP contribution >= 0.6 is 32.9 Å². The van der Waals surface area contributed by atoms with E-state index in [2.05, 4.69) is 50.0 Å². The second kappa shape index (κ2) is 5.94. The lowest BCUT2D eigenvalue weighted by molar-refractivity contribution is 1.20. The van der Waals surface area contributed by atoms with Crippen molar-refractivity contribution in [3.63, 3.8) is 0 Å². The Labute approximate surface area is 114 Å². The average molecular weight is 281 g/mol. The lowest BCUT2D eigenvalue weighted by atomic mass is 10.3. The van der Waals surface area contributed by atoms with E-state index >= 15 is 0 Å². The third kappa shape index (κ3) is 3.76. The fourth-order valence-corrected chi connectivity index (χ4v) is 4.94. The van der Waals surface area contributed by atoms with Gasteiger partial charge in [-0.2, -0.15) is 0 Å². The van der Waals surface area contributed by atoms with E-state index in [0.717, 1.165) is 9.86 Å². The molecule has 0 N–H and O–H groups in total. The second-order valence-electron chi connectivity index (χ2n) is 4.08. The van der Waals surface area contributed by atoms with Gasteiger partial charge in [-0.1, -0.05) is 34.6 Å². The second-order valence-corrected chi connectivity index (χ2v) is 7.93. The minimum Gasteiger partial charge on any atom is -0.229 e. The number of benzene rings is 1. The summed E-state index contributed by atoms with van der Waals surface area (Å²) in [6, 6.07) is 8.30. The Kier molecular flexibility index (Phi) is 4.54. The molecule has 0 amide bonds. The maximum absolute atomic E-state index is 4.60. The molecule has 1 aromatic heterocycles. The first kappa shape index (κ1) is 13.0. The molecule has 17 heavy (non-hydrogen) atoms. The maximum atomic E-state index is 4.60. The van der Waals surface area contributed by atoms with Crippen molar-refractivity contribution >= 4 is 43.1 Å². The van der Waals surface area contributed by atoms with Gasteiger partial charge in [0.05, 0.1) is 10.2 Å². The van der Waals surface area contributed by atoms with Crippen LogP contribution in [0.25, 0.3) is 10.2 Å². The Bertz CT molecular complexity index is 493. The largest absolute Gasteiger partial charge is 0.229 e. The maximum Gasteiger partial charge on any atom is 0.161 e. The van der Waals surface area contributed by atoms with E-state index in [1.807, 2.05) is 16.9 Å². The molecular weight excluding hydrogens is 266 g/mol. The summed E-state index contributed by atoms with van der Waals surface area (Å²) in [5.41, 5.74) is 2.48. The van der Waals surface area contributed by atoms with Crippen LogP contribution in [-0.4, -0.2) is 10.2 Å². The highest BCUT2D eigenvalue weighted by Gasteiger charge is 2.06. The van der Waals surface area contributed by atoms with Crippen molar-refractivity contribution in [1.29, 1.82) is 0 Å². The van der Waals surface area contributed by atoms with Crippen LogP contribution in [0.4, 0.5) is 0 Å². The Balaban J connectivity index is 2.02. The van der Waals surface area contributed by atoms with E-state index in [1.54, 1.807) is 22.1 Å². The van der Waals surface area contributed by atoms with Crippen LogP contribution in [0.1, 0.15) is 20.8 Å². The Hall–Kier alpha value is -0.450. The molecule has 1 nitrogen and oxygen atoms in total. The highest BCUT2D eigenvalue weighted by atomic mass is 33.1. The predicted molar refractivity (Wildman–Crippen MR) is 82.0 cm³/mol. The van der Waals surface area contributed by atoms with Gasteiger partial charge in [0.2, 0.25) is 0 Å². The molecule has 0 saturated carbocycles. The van der Waals surface area contributed by atoms with Gasteiger partial charge in [-0.3, -0.25) is 0 Å². The number of fused-ring (bicyclic) bond motifs is 1. The van der Waals surface area contributed by atoms with Crippen molar-refractivity contribution in [3.05, 3.63) is 35.9 Å². The van der Waals surface area contributed by atoms with E-state index in [-0.39, 0.29) is 0 Å². The highest BCUT2D eigenvalue weighted by molar-refractivity contribution is 8.77. The molecule has 1 aromatic carbocycles. The Morgan fingerprint density at radius 3 is 2.82 bits per heavy atom. The number of hydrogen-bond donors (Lipinski definition) is 0.